The van der Waals surface area contributed by atoms with E-state index in [2.05, 4.69) is 26.5 Å². The predicted molar refractivity (Wildman–Crippen MR) is 47.5 cm³/mol. The van der Waals surface area contributed by atoms with Gasteiger partial charge < -0.3 is 4.74 Å². The van der Waals surface area contributed by atoms with Crippen molar-refractivity contribution in [3.63, 3.8) is 0 Å². The second-order valence-corrected chi connectivity index (χ2v) is 3.27. The Kier molecular flexibility index (Phi) is 2.89. The van der Waals surface area contributed by atoms with Gasteiger partial charge in [-0.2, -0.15) is 0 Å². The van der Waals surface area contributed by atoms with Crippen molar-refractivity contribution < 1.29 is 4.74 Å². The Morgan fingerprint density at radius 2 is 2.55 bits per heavy atom. The molecule has 0 bridgehead atoms. The molecule has 11 heavy (non-hydrogen) atoms. The molecule has 1 heteroatoms. The van der Waals surface area contributed by atoms with Gasteiger partial charge in [0.15, 0.2) is 0 Å². The lowest BCUT2D eigenvalue weighted by atomic mass is 10.1. The molecule has 0 N–H and O–H groups in total. The van der Waals surface area contributed by atoms with Gasteiger partial charge >= 0.3 is 0 Å². The van der Waals surface area contributed by atoms with Gasteiger partial charge in [0.1, 0.15) is 0 Å². The van der Waals surface area contributed by atoms with Crippen LogP contribution in [-0.2, 0) is 4.74 Å². The van der Waals surface area contributed by atoms with E-state index in [0.29, 0.717) is 6.10 Å². The van der Waals surface area contributed by atoms with Crippen LogP contribution in [0.1, 0.15) is 26.7 Å². The molecule has 0 amide bonds. The molecule has 0 aromatic carbocycles. The van der Waals surface area contributed by atoms with Crippen molar-refractivity contribution in [2.45, 2.75) is 32.8 Å². The standard InChI is InChI=1S/C10H16O/c1-8(2)4-5-10-9(3)6-7-11-10/h6,10H,1,4-5,7H2,2-3H3. The molecule has 1 aliphatic rings. The van der Waals surface area contributed by atoms with Crippen molar-refractivity contribution in [1.82, 2.24) is 0 Å². The summed E-state index contributed by atoms with van der Waals surface area (Å²) in [5, 5.41) is 0. The number of rotatable bonds is 3. The highest BCUT2D eigenvalue weighted by atomic mass is 16.5. The van der Waals surface area contributed by atoms with E-state index in [-0.39, 0.29) is 0 Å². The SMILES string of the molecule is C=C(C)CCC1OCC=C1C. The first-order chi connectivity index (χ1) is 5.20. The molecular weight excluding hydrogens is 136 g/mol. The Morgan fingerprint density at radius 3 is 3.00 bits per heavy atom. The second-order valence-electron chi connectivity index (χ2n) is 3.27. The second kappa shape index (κ2) is 3.72. The molecule has 1 atom stereocenters. The lowest BCUT2D eigenvalue weighted by molar-refractivity contribution is 0.115. The number of allylic oxidation sites excluding steroid dienone is 1. The quantitative estimate of drug-likeness (QED) is 0.565. The summed E-state index contributed by atoms with van der Waals surface area (Å²) in [6.45, 7) is 8.86. The fourth-order valence-corrected chi connectivity index (χ4v) is 1.25. The van der Waals surface area contributed by atoms with Crippen LogP contribution in [0.3, 0.4) is 0 Å². The molecule has 0 aromatic rings. The average molecular weight is 152 g/mol. The zero-order valence-corrected chi connectivity index (χ0v) is 7.39. The van der Waals surface area contributed by atoms with Gasteiger partial charge in [0.25, 0.3) is 0 Å². The molecule has 1 heterocycles. The maximum Gasteiger partial charge on any atom is 0.0790 e. The Balaban J connectivity index is 2.27. The maximum atomic E-state index is 5.48. The van der Waals surface area contributed by atoms with E-state index in [1.807, 2.05) is 0 Å². The van der Waals surface area contributed by atoms with Crippen LogP contribution in [0.25, 0.3) is 0 Å². The van der Waals surface area contributed by atoms with E-state index in [1.165, 1.54) is 11.1 Å². The van der Waals surface area contributed by atoms with Crippen LogP contribution in [0, 0.1) is 0 Å². The van der Waals surface area contributed by atoms with Crippen LogP contribution in [0.5, 0.6) is 0 Å². The highest BCUT2D eigenvalue weighted by Gasteiger charge is 2.14. The Hall–Kier alpha value is -0.560. The van der Waals surface area contributed by atoms with Gasteiger partial charge in [0, 0.05) is 0 Å². The summed E-state index contributed by atoms with van der Waals surface area (Å²) < 4.78 is 5.48. The molecule has 0 fully saturated rings. The molecule has 0 saturated carbocycles. The van der Waals surface area contributed by atoms with Gasteiger partial charge in [0.05, 0.1) is 12.7 Å². The van der Waals surface area contributed by atoms with Crippen LogP contribution in [0.4, 0.5) is 0 Å². The van der Waals surface area contributed by atoms with E-state index < -0.39 is 0 Å². The van der Waals surface area contributed by atoms with E-state index >= 15 is 0 Å². The third-order valence-corrected chi connectivity index (χ3v) is 2.04. The van der Waals surface area contributed by atoms with Gasteiger partial charge in [-0.25, -0.2) is 0 Å². The third kappa shape index (κ3) is 2.51. The molecule has 62 valence electrons. The van der Waals surface area contributed by atoms with Crippen LogP contribution >= 0.6 is 0 Å². The summed E-state index contributed by atoms with van der Waals surface area (Å²) >= 11 is 0. The topological polar surface area (TPSA) is 9.23 Å². The van der Waals surface area contributed by atoms with Gasteiger partial charge in [-0.1, -0.05) is 11.6 Å². The first-order valence-corrected chi connectivity index (χ1v) is 4.13. The number of hydrogen-bond donors (Lipinski definition) is 0. The average Bonchev–Trinajstić information content (AvgIpc) is 2.31. The maximum absolute atomic E-state index is 5.48. The molecule has 1 aliphatic heterocycles. The van der Waals surface area contributed by atoms with E-state index in [0.717, 1.165) is 19.4 Å². The minimum Gasteiger partial charge on any atom is -0.370 e. The summed E-state index contributed by atoms with van der Waals surface area (Å²) in [4.78, 5) is 0. The van der Waals surface area contributed by atoms with E-state index in [9.17, 15) is 0 Å². The van der Waals surface area contributed by atoms with Crippen molar-refractivity contribution in [3.05, 3.63) is 23.8 Å². The summed E-state index contributed by atoms with van der Waals surface area (Å²) in [5.41, 5.74) is 2.62. The lowest BCUT2D eigenvalue weighted by Gasteiger charge is -2.10. The molecule has 0 aliphatic carbocycles. The summed E-state index contributed by atoms with van der Waals surface area (Å²) in [6, 6.07) is 0. The van der Waals surface area contributed by atoms with Gasteiger partial charge in [0.2, 0.25) is 0 Å². The Labute approximate surface area is 68.8 Å². The van der Waals surface area contributed by atoms with Crippen molar-refractivity contribution in [3.8, 4) is 0 Å². The number of ether oxygens (including phenoxy) is 1. The number of hydrogen-bond acceptors (Lipinski definition) is 1. The fraction of sp³-hybridized carbons (Fsp3) is 0.600. The van der Waals surface area contributed by atoms with Crippen molar-refractivity contribution >= 4 is 0 Å². The summed E-state index contributed by atoms with van der Waals surface area (Å²) in [6.07, 6.45) is 4.70. The molecule has 1 nitrogen and oxygen atoms in total. The zero-order valence-electron chi connectivity index (χ0n) is 7.39. The highest BCUT2D eigenvalue weighted by Crippen LogP contribution is 2.19. The van der Waals surface area contributed by atoms with Crippen LogP contribution < -0.4 is 0 Å². The normalized spacial score (nSPS) is 23.5. The lowest BCUT2D eigenvalue weighted by Crippen LogP contribution is -2.08. The van der Waals surface area contributed by atoms with Crippen LogP contribution in [0.15, 0.2) is 23.8 Å². The van der Waals surface area contributed by atoms with Crippen LogP contribution in [-0.4, -0.2) is 12.7 Å². The Morgan fingerprint density at radius 1 is 1.82 bits per heavy atom. The first-order valence-electron chi connectivity index (χ1n) is 4.13. The van der Waals surface area contributed by atoms with Gasteiger partial charge in [-0.15, -0.1) is 6.58 Å². The molecule has 1 rings (SSSR count). The van der Waals surface area contributed by atoms with Crippen LogP contribution in [0.2, 0.25) is 0 Å². The van der Waals surface area contributed by atoms with Crippen molar-refractivity contribution in [2.75, 3.05) is 6.61 Å². The minimum absolute atomic E-state index is 0.367. The summed E-state index contributed by atoms with van der Waals surface area (Å²) in [7, 11) is 0. The van der Waals surface area contributed by atoms with Crippen molar-refractivity contribution in [1.29, 1.82) is 0 Å². The molecule has 0 spiro atoms. The van der Waals surface area contributed by atoms with Gasteiger partial charge in [-0.3, -0.25) is 0 Å². The summed E-state index contributed by atoms with van der Waals surface area (Å²) in [5.74, 6) is 0. The van der Waals surface area contributed by atoms with Gasteiger partial charge in [-0.05, 0) is 32.3 Å². The zero-order chi connectivity index (χ0) is 8.27. The van der Waals surface area contributed by atoms with E-state index in [1.54, 1.807) is 0 Å². The molecule has 0 saturated heterocycles. The molecule has 1 unspecified atom stereocenters. The molecular formula is C10H16O. The first kappa shape index (κ1) is 8.54. The molecule has 0 radical (unpaired) electrons. The largest absolute Gasteiger partial charge is 0.370 e. The van der Waals surface area contributed by atoms with Crippen molar-refractivity contribution in [2.24, 2.45) is 0 Å². The fourth-order valence-electron chi connectivity index (χ4n) is 1.25. The predicted octanol–water partition coefficient (Wildman–Crippen LogP) is 2.69. The Bertz CT molecular complexity index is 179. The smallest absolute Gasteiger partial charge is 0.0790 e. The van der Waals surface area contributed by atoms with E-state index in [4.69, 9.17) is 4.74 Å². The minimum atomic E-state index is 0.367. The monoisotopic (exact) mass is 152 g/mol. The highest BCUT2D eigenvalue weighted by molar-refractivity contribution is 5.10. The third-order valence-electron chi connectivity index (χ3n) is 2.04. The molecule has 0 aromatic heterocycles.